The number of likely N-dealkylation sites (tertiary alicyclic amines) is 1. The molecule has 0 bridgehead atoms. The molecule has 1 aromatic rings. The lowest BCUT2D eigenvalue weighted by atomic mass is 10.1. The second-order valence-corrected chi connectivity index (χ2v) is 6.75. The first kappa shape index (κ1) is 20.5. The summed E-state index contributed by atoms with van der Waals surface area (Å²) in [4.78, 5) is 6.87. The minimum atomic E-state index is 0. The number of guanidine groups is 1. The molecule has 2 rings (SSSR count). The van der Waals surface area contributed by atoms with Crippen molar-refractivity contribution in [2.45, 2.75) is 32.7 Å². The number of nitrogens with zero attached hydrogens (tertiary/aromatic N) is 2. The van der Waals surface area contributed by atoms with Crippen molar-refractivity contribution >= 4 is 41.5 Å². The van der Waals surface area contributed by atoms with E-state index in [0.29, 0.717) is 11.9 Å². The van der Waals surface area contributed by atoms with Gasteiger partial charge >= 0.3 is 0 Å². The fraction of sp³-hybridized carbons (Fsp3) is 0.588. The molecule has 130 valence electrons. The molecule has 1 heterocycles. The van der Waals surface area contributed by atoms with Crippen molar-refractivity contribution in [2.75, 3.05) is 26.2 Å². The molecule has 1 aliphatic rings. The summed E-state index contributed by atoms with van der Waals surface area (Å²) < 4.78 is 0. The average Bonchev–Trinajstić information content (AvgIpc) is 2.99. The van der Waals surface area contributed by atoms with E-state index in [2.05, 4.69) is 35.1 Å². The predicted molar refractivity (Wildman–Crippen MR) is 110 cm³/mol. The highest BCUT2D eigenvalue weighted by Gasteiger charge is 2.23. The van der Waals surface area contributed by atoms with Gasteiger partial charge in [0, 0.05) is 18.1 Å². The van der Waals surface area contributed by atoms with Gasteiger partial charge < -0.3 is 11.1 Å². The van der Waals surface area contributed by atoms with Gasteiger partial charge in [0.2, 0.25) is 0 Å². The summed E-state index contributed by atoms with van der Waals surface area (Å²) >= 11 is 6.16. The number of hydrogen-bond donors (Lipinski definition) is 2. The Labute approximate surface area is 161 Å². The molecule has 0 aliphatic carbocycles. The molecule has 0 saturated carbocycles. The van der Waals surface area contributed by atoms with Crippen LogP contribution in [0.2, 0.25) is 5.02 Å². The molecule has 3 N–H and O–H groups in total. The molecule has 1 aromatic carbocycles. The highest BCUT2D eigenvalue weighted by atomic mass is 127. The van der Waals surface area contributed by atoms with E-state index in [1.54, 1.807) is 0 Å². The SMILES string of the molecule is CC(C)CN=C(N)NCC(c1cccc(Cl)c1)N1CCCC1.I. The molecule has 1 fully saturated rings. The number of nitrogens with two attached hydrogens (primary N) is 1. The molecule has 1 saturated heterocycles. The molecular formula is C17H28ClIN4. The molecule has 1 unspecified atom stereocenters. The van der Waals surface area contributed by atoms with Crippen LogP contribution in [0.15, 0.2) is 29.3 Å². The molecule has 1 atom stereocenters. The fourth-order valence-corrected chi connectivity index (χ4v) is 2.96. The van der Waals surface area contributed by atoms with Crippen LogP contribution in [-0.2, 0) is 0 Å². The monoisotopic (exact) mass is 450 g/mol. The first-order chi connectivity index (χ1) is 10.6. The van der Waals surface area contributed by atoms with Crippen molar-refractivity contribution in [3.05, 3.63) is 34.9 Å². The van der Waals surface area contributed by atoms with Crippen molar-refractivity contribution in [3.63, 3.8) is 0 Å². The normalized spacial score (nSPS) is 17.1. The van der Waals surface area contributed by atoms with E-state index in [9.17, 15) is 0 Å². The van der Waals surface area contributed by atoms with Crippen LogP contribution in [0.4, 0.5) is 0 Å². The van der Waals surface area contributed by atoms with Gasteiger partial charge in [0.25, 0.3) is 0 Å². The highest BCUT2D eigenvalue weighted by molar-refractivity contribution is 14.0. The van der Waals surface area contributed by atoms with Gasteiger partial charge in [-0.3, -0.25) is 9.89 Å². The lowest BCUT2D eigenvalue weighted by Gasteiger charge is -2.28. The fourth-order valence-electron chi connectivity index (χ4n) is 2.76. The van der Waals surface area contributed by atoms with Crippen LogP contribution in [0.25, 0.3) is 0 Å². The van der Waals surface area contributed by atoms with Gasteiger partial charge in [0.1, 0.15) is 0 Å². The zero-order valence-corrected chi connectivity index (χ0v) is 17.1. The summed E-state index contributed by atoms with van der Waals surface area (Å²) in [6.07, 6.45) is 2.52. The van der Waals surface area contributed by atoms with E-state index < -0.39 is 0 Å². The number of rotatable bonds is 6. The zero-order valence-electron chi connectivity index (χ0n) is 14.0. The molecule has 0 aromatic heterocycles. The van der Waals surface area contributed by atoms with Gasteiger partial charge in [0.05, 0.1) is 6.04 Å². The van der Waals surface area contributed by atoms with E-state index in [1.807, 2.05) is 18.2 Å². The Morgan fingerprint density at radius 3 is 2.65 bits per heavy atom. The molecule has 23 heavy (non-hydrogen) atoms. The number of benzene rings is 1. The summed E-state index contributed by atoms with van der Waals surface area (Å²) in [5.74, 6) is 1.04. The van der Waals surface area contributed by atoms with Crippen LogP contribution in [0.5, 0.6) is 0 Å². The van der Waals surface area contributed by atoms with E-state index in [-0.39, 0.29) is 30.0 Å². The Bertz CT molecular complexity index is 501. The Kier molecular flexibility index (Phi) is 9.24. The summed E-state index contributed by atoms with van der Waals surface area (Å²) in [6, 6.07) is 8.40. The summed E-state index contributed by atoms with van der Waals surface area (Å²) in [6.45, 7) is 8.04. The van der Waals surface area contributed by atoms with Crippen LogP contribution in [0.3, 0.4) is 0 Å². The van der Waals surface area contributed by atoms with E-state index in [0.717, 1.165) is 31.2 Å². The van der Waals surface area contributed by atoms with Gasteiger partial charge in [-0.25, -0.2) is 0 Å². The standard InChI is InChI=1S/C17H27ClN4.HI/c1-13(2)11-20-17(19)21-12-16(22-8-3-4-9-22)14-6-5-7-15(18)10-14;/h5-7,10,13,16H,3-4,8-9,11-12H2,1-2H3,(H3,19,20,21);1H. The summed E-state index contributed by atoms with van der Waals surface area (Å²) in [5, 5.41) is 4.06. The predicted octanol–water partition coefficient (Wildman–Crippen LogP) is 3.66. The minimum Gasteiger partial charge on any atom is -0.370 e. The van der Waals surface area contributed by atoms with Crippen molar-refractivity contribution in [3.8, 4) is 0 Å². The Hall–Kier alpha value is -0.530. The zero-order chi connectivity index (χ0) is 15.9. The first-order valence-corrected chi connectivity index (χ1v) is 8.47. The van der Waals surface area contributed by atoms with Crippen LogP contribution in [-0.4, -0.2) is 37.0 Å². The number of halogens is 2. The van der Waals surface area contributed by atoms with Gasteiger partial charge in [-0.2, -0.15) is 0 Å². The van der Waals surface area contributed by atoms with E-state index in [1.165, 1.54) is 18.4 Å². The van der Waals surface area contributed by atoms with E-state index >= 15 is 0 Å². The Balaban J connectivity index is 0.00000264. The smallest absolute Gasteiger partial charge is 0.188 e. The maximum absolute atomic E-state index is 6.16. The van der Waals surface area contributed by atoms with Crippen molar-refractivity contribution in [1.82, 2.24) is 10.2 Å². The highest BCUT2D eigenvalue weighted by Crippen LogP contribution is 2.26. The summed E-state index contributed by atoms with van der Waals surface area (Å²) in [7, 11) is 0. The quantitative estimate of drug-likeness (QED) is 0.395. The molecule has 4 nitrogen and oxygen atoms in total. The molecule has 0 spiro atoms. The number of hydrogen-bond acceptors (Lipinski definition) is 2. The van der Waals surface area contributed by atoms with Crippen molar-refractivity contribution < 1.29 is 0 Å². The maximum Gasteiger partial charge on any atom is 0.188 e. The van der Waals surface area contributed by atoms with Crippen molar-refractivity contribution in [1.29, 1.82) is 0 Å². The molecule has 0 amide bonds. The van der Waals surface area contributed by atoms with Gasteiger partial charge in [-0.1, -0.05) is 37.6 Å². The van der Waals surface area contributed by atoms with Gasteiger partial charge in [-0.15, -0.1) is 24.0 Å². The van der Waals surface area contributed by atoms with Gasteiger partial charge in [0.15, 0.2) is 5.96 Å². The number of nitrogens with one attached hydrogen (secondary N) is 1. The maximum atomic E-state index is 6.16. The topological polar surface area (TPSA) is 53.6 Å². The Morgan fingerprint density at radius 1 is 1.35 bits per heavy atom. The number of aliphatic imine (C=N–C) groups is 1. The van der Waals surface area contributed by atoms with Crippen LogP contribution >= 0.6 is 35.6 Å². The van der Waals surface area contributed by atoms with E-state index in [4.69, 9.17) is 17.3 Å². The molecule has 6 heteroatoms. The first-order valence-electron chi connectivity index (χ1n) is 8.09. The Morgan fingerprint density at radius 2 is 2.04 bits per heavy atom. The second-order valence-electron chi connectivity index (χ2n) is 6.31. The second kappa shape index (κ2) is 10.4. The summed E-state index contributed by atoms with van der Waals surface area (Å²) in [5.41, 5.74) is 7.21. The molecular weight excluding hydrogens is 423 g/mol. The largest absolute Gasteiger partial charge is 0.370 e. The van der Waals surface area contributed by atoms with Crippen LogP contribution in [0, 0.1) is 5.92 Å². The minimum absolute atomic E-state index is 0. The van der Waals surface area contributed by atoms with Gasteiger partial charge in [-0.05, 0) is 49.5 Å². The average molecular weight is 451 g/mol. The lowest BCUT2D eigenvalue weighted by Crippen LogP contribution is -2.40. The molecule has 1 aliphatic heterocycles. The third kappa shape index (κ3) is 6.85. The third-order valence-electron chi connectivity index (χ3n) is 3.92. The third-order valence-corrected chi connectivity index (χ3v) is 4.15. The van der Waals surface area contributed by atoms with Crippen LogP contribution < -0.4 is 11.1 Å². The molecule has 0 radical (unpaired) electrons. The lowest BCUT2D eigenvalue weighted by molar-refractivity contribution is 0.245. The van der Waals surface area contributed by atoms with Crippen molar-refractivity contribution in [2.24, 2.45) is 16.6 Å². The van der Waals surface area contributed by atoms with Crippen LogP contribution in [0.1, 0.15) is 38.3 Å².